The Kier molecular flexibility index (Phi) is 3.93. The average Bonchev–Trinajstić information content (AvgIpc) is 2.34. The van der Waals surface area contributed by atoms with Crippen LogP contribution in [0, 0.1) is 6.92 Å². The number of benzene rings is 1. The molecule has 0 amide bonds. The van der Waals surface area contributed by atoms with E-state index >= 15 is 0 Å². The summed E-state index contributed by atoms with van der Waals surface area (Å²) in [5.74, 6) is -0.572. The Labute approximate surface area is 119 Å². The Morgan fingerprint density at radius 1 is 1.32 bits per heavy atom. The summed E-state index contributed by atoms with van der Waals surface area (Å²) in [6.07, 6.45) is 0. The van der Waals surface area contributed by atoms with Crippen molar-refractivity contribution in [2.45, 2.75) is 6.92 Å². The molecule has 1 aromatic heterocycles. The van der Waals surface area contributed by atoms with Crippen LogP contribution >= 0.6 is 23.2 Å². The fourth-order valence-corrected chi connectivity index (χ4v) is 1.82. The van der Waals surface area contributed by atoms with Gasteiger partial charge in [0.05, 0.1) is 10.6 Å². The lowest BCUT2D eigenvalue weighted by molar-refractivity contribution is 0.0696. The number of halogens is 2. The molecule has 6 heteroatoms. The molecular weight excluding hydrogens is 289 g/mol. The molecule has 4 nitrogen and oxygen atoms in total. The number of aryl methyl sites for hydroxylation is 1. The van der Waals surface area contributed by atoms with E-state index < -0.39 is 5.97 Å². The second-order valence-corrected chi connectivity index (χ2v) is 4.58. The fraction of sp³-hybridized carbons (Fsp3) is 0.0769. The van der Waals surface area contributed by atoms with Crippen molar-refractivity contribution in [1.82, 2.24) is 4.98 Å². The number of hydrogen-bond acceptors (Lipinski definition) is 3. The number of pyridine rings is 1. The third kappa shape index (κ3) is 3.16. The lowest BCUT2D eigenvalue weighted by atomic mass is 10.2. The largest absolute Gasteiger partial charge is 0.478 e. The first-order valence-electron chi connectivity index (χ1n) is 5.31. The summed E-state index contributed by atoms with van der Waals surface area (Å²) in [5, 5.41) is 9.57. The summed E-state index contributed by atoms with van der Waals surface area (Å²) in [4.78, 5) is 15.0. The Bertz CT molecular complexity index is 644. The molecule has 0 atom stereocenters. The molecule has 1 aromatic carbocycles. The van der Waals surface area contributed by atoms with Gasteiger partial charge >= 0.3 is 5.97 Å². The third-order valence-corrected chi connectivity index (χ3v) is 3.11. The highest BCUT2D eigenvalue weighted by Gasteiger charge is 2.11. The maximum Gasteiger partial charge on any atom is 0.335 e. The lowest BCUT2D eigenvalue weighted by Crippen LogP contribution is -2.00. The van der Waals surface area contributed by atoms with Crippen molar-refractivity contribution in [3.8, 4) is 11.6 Å². The van der Waals surface area contributed by atoms with Crippen molar-refractivity contribution in [2.75, 3.05) is 0 Å². The first-order valence-corrected chi connectivity index (χ1v) is 6.07. The van der Waals surface area contributed by atoms with Crippen LogP contribution in [0.1, 0.15) is 16.1 Å². The number of aromatic nitrogens is 1. The predicted octanol–water partition coefficient (Wildman–Crippen LogP) is 4.19. The van der Waals surface area contributed by atoms with E-state index in [0.717, 1.165) is 0 Å². The van der Waals surface area contributed by atoms with E-state index in [2.05, 4.69) is 4.98 Å². The highest BCUT2D eigenvalue weighted by Crippen LogP contribution is 2.34. The second kappa shape index (κ2) is 5.47. The maximum atomic E-state index is 10.9. The van der Waals surface area contributed by atoms with Crippen LogP contribution < -0.4 is 4.74 Å². The monoisotopic (exact) mass is 297 g/mol. The van der Waals surface area contributed by atoms with Crippen LogP contribution in [0.4, 0.5) is 0 Å². The van der Waals surface area contributed by atoms with Crippen LogP contribution in [0.3, 0.4) is 0 Å². The van der Waals surface area contributed by atoms with E-state index in [9.17, 15) is 4.79 Å². The molecule has 98 valence electrons. The predicted molar refractivity (Wildman–Crippen MR) is 72.5 cm³/mol. The Morgan fingerprint density at radius 3 is 2.74 bits per heavy atom. The Balaban J connectivity index is 2.38. The Hall–Kier alpha value is -1.78. The molecule has 0 saturated carbocycles. The second-order valence-electron chi connectivity index (χ2n) is 3.79. The van der Waals surface area contributed by atoms with E-state index in [1.807, 2.05) is 0 Å². The number of nitrogens with zero attached hydrogens (tertiary/aromatic N) is 1. The highest BCUT2D eigenvalue weighted by molar-refractivity contribution is 6.42. The van der Waals surface area contributed by atoms with Crippen LogP contribution in [-0.2, 0) is 0 Å². The topological polar surface area (TPSA) is 59.4 Å². The highest BCUT2D eigenvalue weighted by atomic mass is 35.5. The molecule has 0 aliphatic heterocycles. The lowest BCUT2D eigenvalue weighted by Gasteiger charge is -2.08. The number of hydrogen-bond donors (Lipinski definition) is 1. The third-order valence-electron chi connectivity index (χ3n) is 2.31. The molecule has 1 N–H and O–H groups in total. The summed E-state index contributed by atoms with van der Waals surface area (Å²) < 4.78 is 5.47. The Morgan fingerprint density at radius 2 is 2.05 bits per heavy atom. The van der Waals surface area contributed by atoms with E-state index in [1.165, 1.54) is 12.1 Å². The van der Waals surface area contributed by atoms with Crippen LogP contribution in [0.5, 0.6) is 11.6 Å². The number of ether oxygens (including phenoxy) is 1. The molecule has 19 heavy (non-hydrogen) atoms. The minimum absolute atomic E-state index is 0.0978. The standard InChI is InChI=1S/C13H9Cl2NO3/c1-7-5-8(13(17)18)6-11(16-7)19-10-4-2-3-9(14)12(10)15/h2-6H,1H3,(H,17,18). The number of aromatic carboxylic acids is 1. The van der Waals surface area contributed by atoms with Crippen LogP contribution in [0.25, 0.3) is 0 Å². The molecule has 0 radical (unpaired) electrons. The normalized spacial score (nSPS) is 10.3. The van der Waals surface area contributed by atoms with Crippen LogP contribution in [0.15, 0.2) is 30.3 Å². The number of rotatable bonds is 3. The van der Waals surface area contributed by atoms with Gasteiger partial charge in [0.25, 0.3) is 0 Å². The summed E-state index contributed by atoms with van der Waals surface area (Å²) in [6.45, 7) is 1.68. The number of carbonyl (C=O) groups is 1. The van der Waals surface area contributed by atoms with Gasteiger partial charge in [0.2, 0.25) is 5.88 Å². The maximum absolute atomic E-state index is 10.9. The van der Waals surface area contributed by atoms with Crippen molar-refractivity contribution < 1.29 is 14.6 Å². The van der Waals surface area contributed by atoms with Crippen molar-refractivity contribution >= 4 is 29.2 Å². The smallest absolute Gasteiger partial charge is 0.335 e. The van der Waals surface area contributed by atoms with Crippen LogP contribution in [0.2, 0.25) is 10.0 Å². The summed E-state index contributed by atoms with van der Waals surface area (Å²) in [7, 11) is 0. The molecular formula is C13H9Cl2NO3. The first-order chi connectivity index (χ1) is 8.97. The molecule has 0 bridgehead atoms. The molecule has 1 heterocycles. The zero-order valence-corrected chi connectivity index (χ0v) is 11.4. The minimum atomic E-state index is -1.05. The van der Waals surface area contributed by atoms with Gasteiger partial charge in [-0.1, -0.05) is 29.3 Å². The number of carboxylic acid groups (broad SMARTS) is 1. The minimum Gasteiger partial charge on any atom is -0.478 e. The quantitative estimate of drug-likeness (QED) is 0.923. The molecule has 0 saturated heterocycles. The van der Waals surface area contributed by atoms with Crippen molar-refractivity contribution in [3.05, 3.63) is 51.6 Å². The zero-order valence-electron chi connectivity index (χ0n) is 9.85. The van der Waals surface area contributed by atoms with Crippen molar-refractivity contribution in [1.29, 1.82) is 0 Å². The molecule has 0 unspecified atom stereocenters. The molecule has 2 aromatic rings. The van der Waals surface area contributed by atoms with Crippen molar-refractivity contribution in [3.63, 3.8) is 0 Å². The van der Waals surface area contributed by atoms with Crippen LogP contribution in [-0.4, -0.2) is 16.1 Å². The van der Waals surface area contributed by atoms with Gasteiger partial charge in [0, 0.05) is 11.8 Å². The summed E-state index contributed by atoms with van der Waals surface area (Å²) in [5.41, 5.74) is 0.633. The number of carboxylic acids is 1. The summed E-state index contributed by atoms with van der Waals surface area (Å²) in [6, 6.07) is 7.71. The zero-order chi connectivity index (χ0) is 14.0. The molecule has 0 spiro atoms. The van der Waals surface area contributed by atoms with Crippen molar-refractivity contribution in [2.24, 2.45) is 0 Å². The van der Waals surface area contributed by atoms with Gasteiger partial charge in [0.1, 0.15) is 10.8 Å². The van der Waals surface area contributed by atoms with Gasteiger partial charge in [0.15, 0.2) is 0 Å². The molecule has 0 fully saturated rings. The van der Waals surface area contributed by atoms with Gasteiger partial charge in [-0.05, 0) is 25.1 Å². The summed E-state index contributed by atoms with van der Waals surface area (Å²) >= 11 is 11.9. The van der Waals surface area contributed by atoms with Gasteiger partial charge in [-0.3, -0.25) is 0 Å². The average molecular weight is 298 g/mol. The SMILES string of the molecule is Cc1cc(C(=O)O)cc(Oc2cccc(Cl)c2Cl)n1. The molecule has 0 aliphatic rings. The fourth-order valence-electron chi connectivity index (χ4n) is 1.49. The van der Waals surface area contributed by atoms with Gasteiger partial charge in [-0.25, -0.2) is 9.78 Å². The van der Waals surface area contributed by atoms with E-state index in [4.69, 9.17) is 33.0 Å². The van der Waals surface area contributed by atoms with E-state index in [1.54, 1.807) is 25.1 Å². The van der Waals surface area contributed by atoms with E-state index in [-0.39, 0.29) is 16.5 Å². The molecule has 2 rings (SSSR count). The molecule has 0 aliphatic carbocycles. The van der Waals surface area contributed by atoms with E-state index in [0.29, 0.717) is 16.5 Å². The van der Waals surface area contributed by atoms with Gasteiger partial charge < -0.3 is 9.84 Å². The van der Waals surface area contributed by atoms with Gasteiger partial charge in [-0.15, -0.1) is 0 Å². The van der Waals surface area contributed by atoms with Gasteiger partial charge in [-0.2, -0.15) is 0 Å². The first kappa shape index (κ1) is 13.6.